The van der Waals surface area contributed by atoms with Crippen molar-refractivity contribution in [2.45, 2.75) is 64.2 Å². The average molecular weight is 403 g/mol. The minimum atomic E-state index is -0.337. The van der Waals surface area contributed by atoms with Crippen LogP contribution in [-0.2, 0) is 26.8 Å². The third kappa shape index (κ3) is 5.11. The maximum atomic E-state index is 11.6. The summed E-state index contributed by atoms with van der Waals surface area (Å²) in [5.74, 6) is -0.337. The van der Waals surface area contributed by atoms with Crippen LogP contribution < -0.4 is 0 Å². The molecule has 0 aromatic heterocycles. The molecule has 2 nitrogen and oxygen atoms in total. The summed E-state index contributed by atoms with van der Waals surface area (Å²) in [4.78, 5) is 11.6. The second-order valence-electron chi connectivity index (χ2n) is 9.57. The van der Waals surface area contributed by atoms with E-state index in [0.29, 0.717) is 0 Å². The standard InChI is InChI=1S/C28H34O2/c1-27(2)18-19-28(3,4)25-20-21(14-16-24(25)27)10-9-13-23(15-17-26(29)30-5)22-11-7-6-8-12-22/h6-8,11-17,20H,9-10,18-19H2,1-5H3. The molecule has 0 heterocycles. The molecule has 0 saturated carbocycles. The number of esters is 1. The van der Waals surface area contributed by atoms with Gasteiger partial charge in [0.05, 0.1) is 7.11 Å². The van der Waals surface area contributed by atoms with Gasteiger partial charge in [-0.3, -0.25) is 0 Å². The Hall–Kier alpha value is -2.61. The summed E-state index contributed by atoms with van der Waals surface area (Å²) in [6.07, 6.45) is 9.91. The van der Waals surface area contributed by atoms with Gasteiger partial charge in [0.25, 0.3) is 0 Å². The highest BCUT2D eigenvalue weighted by Crippen LogP contribution is 2.45. The highest BCUT2D eigenvalue weighted by molar-refractivity contribution is 5.87. The number of benzene rings is 2. The number of ether oxygens (including phenoxy) is 1. The predicted octanol–water partition coefficient (Wildman–Crippen LogP) is 6.78. The van der Waals surface area contributed by atoms with Gasteiger partial charge < -0.3 is 4.74 Å². The van der Waals surface area contributed by atoms with E-state index >= 15 is 0 Å². The van der Waals surface area contributed by atoms with Gasteiger partial charge in [0.2, 0.25) is 0 Å². The van der Waals surface area contributed by atoms with Crippen molar-refractivity contribution in [1.29, 1.82) is 0 Å². The molecule has 0 fully saturated rings. The molecule has 0 N–H and O–H groups in total. The fourth-order valence-electron chi connectivity index (χ4n) is 4.32. The van der Waals surface area contributed by atoms with Gasteiger partial charge in [0.15, 0.2) is 0 Å². The van der Waals surface area contributed by atoms with Crippen molar-refractivity contribution in [3.05, 3.63) is 89.0 Å². The van der Waals surface area contributed by atoms with Gasteiger partial charge in [-0.05, 0) is 70.4 Å². The van der Waals surface area contributed by atoms with E-state index in [1.165, 1.54) is 42.7 Å². The summed E-state index contributed by atoms with van der Waals surface area (Å²) in [6.45, 7) is 9.47. The summed E-state index contributed by atoms with van der Waals surface area (Å²) < 4.78 is 4.75. The van der Waals surface area contributed by atoms with Crippen LogP contribution >= 0.6 is 0 Å². The van der Waals surface area contributed by atoms with Crippen molar-refractivity contribution in [3.63, 3.8) is 0 Å². The highest BCUT2D eigenvalue weighted by atomic mass is 16.5. The normalized spacial score (nSPS) is 17.6. The fourth-order valence-corrected chi connectivity index (χ4v) is 4.32. The Morgan fingerprint density at radius 3 is 2.27 bits per heavy atom. The van der Waals surface area contributed by atoms with Crippen LogP contribution in [0.3, 0.4) is 0 Å². The minimum absolute atomic E-state index is 0.231. The first-order chi connectivity index (χ1) is 14.2. The smallest absolute Gasteiger partial charge is 0.330 e. The molecule has 0 aliphatic heterocycles. The van der Waals surface area contributed by atoms with Crippen molar-refractivity contribution >= 4 is 11.5 Å². The molecule has 0 unspecified atom stereocenters. The summed E-state index contributed by atoms with van der Waals surface area (Å²) >= 11 is 0. The lowest BCUT2D eigenvalue weighted by molar-refractivity contribution is -0.134. The van der Waals surface area contributed by atoms with Gasteiger partial charge in [-0.1, -0.05) is 82.3 Å². The van der Waals surface area contributed by atoms with Crippen LogP contribution in [-0.4, -0.2) is 13.1 Å². The zero-order valence-corrected chi connectivity index (χ0v) is 19.0. The molecule has 0 radical (unpaired) electrons. The van der Waals surface area contributed by atoms with Crippen molar-refractivity contribution < 1.29 is 9.53 Å². The molecule has 0 amide bonds. The average Bonchev–Trinajstić information content (AvgIpc) is 2.74. The van der Waals surface area contributed by atoms with E-state index in [4.69, 9.17) is 4.74 Å². The molecule has 158 valence electrons. The third-order valence-corrected chi connectivity index (χ3v) is 6.42. The van der Waals surface area contributed by atoms with Gasteiger partial charge in [0, 0.05) is 6.08 Å². The molecule has 0 saturated heterocycles. The van der Waals surface area contributed by atoms with Crippen LogP contribution in [0.25, 0.3) is 5.57 Å². The number of hydrogen-bond donors (Lipinski definition) is 0. The van der Waals surface area contributed by atoms with Crippen molar-refractivity contribution in [2.24, 2.45) is 0 Å². The second-order valence-corrected chi connectivity index (χ2v) is 9.57. The topological polar surface area (TPSA) is 26.3 Å². The Morgan fingerprint density at radius 2 is 1.60 bits per heavy atom. The lowest BCUT2D eigenvalue weighted by Crippen LogP contribution is -2.33. The SMILES string of the molecule is COC(=O)C=CC(=CCCc1ccc2c(c1)C(C)(C)CCC2(C)C)c1ccccc1. The van der Waals surface area contributed by atoms with Gasteiger partial charge in [-0.2, -0.15) is 0 Å². The van der Waals surface area contributed by atoms with E-state index < -0.39 is 0 Å². The summed E-state index contributed by atoms with van der Waals surface area (Å²) in [6, 6.07) is 17.2. The summed E-state index contributed by atoms with van der Waals surface area (Å²) in [5.41, 5.74) is 7.02. The monoisotopic (exact) mass is 402 g/mol. The van der Waals surface area contributed by atoms with E-state index in [1.807, 2.05) is 24.3 Å². The maximum Gasteiger partial charge on any atom is 0.330 e. The Bertz CT molecular complexity index is 946. The molecule has 2 aromatic carbocycles. The number of allylic oxidation sites excluding steroid dienone is 3. The molecule has 30 heavy (non-hydrogen) atoms. The number of hydrogen-bond acceptors (Lipinski definition) is 2. The fraction of sp³-hybridized carbons (Fsp3) is 0.393. The third-order valence-electron chi connectivity index (χ3n) is 6.42. The van der Waals surface area contributed by atoms with Crippen LogP contribution in [0.2, 0.25) is 0 Å². The van der Waals surface area contributed by atoms with Gasteiger partial charge in [0.1, 0.15) is 0 Å². The second kappa shape index (κ2) is 9.04. The van der Waals surface area contributed by atoms with Crippen molar-refractivity contribution in [2.75, 3.05) is 7.11 Å². The van der Waals surface area contributed by atoms with Crippen LogP contribution in [0, 0.1) is 0 Å². The molecule has 0 atom stereocenters. The predicted molar refractivity (Wildman–Crippen MR) is 126 cm³/mol. The molecule has 2 heteroatoms. The quantitative estimate of drug-likeness (QED) is 0.302. The zero-order valence-electron chi connectivity index (χ0n) is 19.0. The van der Waals surface area contributed by atoms with Crippen LogP contribution in [0.1, 0.15) is 69.2 Å². The molecule has 2 aromatic rings. The highest BCUT2D eigenvalue weighted by Gasteiger charge is 2.36. The minimum Gasteiger partial charge on any atom is -0.466 e. The first-order valence-electron chi connectivity index (χ1n) is 10.9. The molecular weight excluding hydrogens is 368 g/mol. The zero-order chi connectivity index (χ0) is 21.8. The summed E-state index contributed by atoms with van der Waals surface area (Å²) in [5, 5.41) is 0. The van der Waals surface area contributed by atoms with Crippen LogP contribution in [0.15, 0.2) is 66.8 Å². The van der Waals surface area contributed by atoms with E-state index in [-0.39, 0.29) is 16.8 Å². The Balaban J connectivity index is 1.81. The van der Waals surface area contributed by atoms with Crippen LogP contribution in [0.5, 0.6) is 0 Å². The van der Waals surface area contributed by atoms with E-state index in [9.17, 15) is 4.79 Å². The Morgan fingerprint density at radius 1 is 0.933 bits per heavy atom. The van der Waals surface area contributed by atoms with Crippen LogP contribution in [0.4, 0.5) is 0 Å². The molecule has 0 bridgehead atoms. The first-order valence-corrected chi connectivity index (χ1v) is 10.9. The molecule has 0 spiro atoms. The number of rotatable bonds is 6. The summed E-state index contributed by atoms with van der Waals surface area (Å²) in [7, 11) is 1.40. The Labute approximate surface area is 181 Å². The maximum absolute atomic E-state index is 11.6. The largest absolute Gasteiger partial charge is 0.466 e. The van der Waals surface area contributed by atoms with Crippen molar-refractivity contribution in [1.82, 2.24) is 0 Å². The van der Waals surface area contributed by atoms with E-state index in [0.717, 1.165) is 24.0 Å². The number of aryl methyl sites for hydroxylation is 1. The molecular formula is C28H34O2. The number of carbonyl (C=O) groups is 1. The lowest BCUT2D eigenvalue weighted by atomic mass is 9.63. The molecule has 1 aliphatic carbocycles. The number of fused-ring (bicyclic) bond motifs is 1. The van der Waals surface area contributed by atoms with E-state index in [1.54, 1.807) is 0 Å². The number of methoxy groups -OCH3 is 1. The first kappa shape index (κ1) is 22.1. The Kier molecular flexibility index (Phi) is 6.65. The van der Waals surface area contributed by atoms with E-state index in [2.05, 4.69) is 64.1 Å². The molecule has 3 rings (SSSR count). The van der Waals surface area contributed by atoms with Gasteiger partial charge in [-0.15, -0.1) is 0 Å². The lowest BCUT2D eigenvalue weighted by Gasteiger charge is -2.42. The molecule has 1 aliphatic rings. The van der Waals surface area contributed by atoms with Gasteiger partial charge >= 0.3 is 5.97 Å². The van der Waals surface area contributed by atoms with Gasteiger partial charge in [-0.25, -0.2) is 4.79 Å². The number of carbonyl (C=O) groups excluding carboxylic acids is 1. The van der Waals surface area contributed by atoms with Crippen molar-refractivity contribution in [3.8, 4) is 0 Å².